The van der Waals surface area contributed by atoms with Crippen molar-refractivity contribution in [1.82, 2.24) is 19.4 Å². The first-order chi connectivity index (χ1) is 13.8. The maximum atomic E-state index is 13.0. The molecule has 0 aliphatic carbocycles. The predicted octanol–water partition coefficient (Wildman–Crippen LogP) is 2.41. The highest BCUT2D eigenvalue weighted by molar-refractivity contribution is 7.91. The van der Waals surface area contributed by atoms with Crippen molar-refractivity contribution in [2.45, 2.75) is 70.3 Å². The summed E-state index contributed by atoms with van der Waals surface area (Å²) in [4.78, 5) is 9.18. The van der Waals surface area contributed by atoms with Gasteiger partial charge in [0, 0.05) is 19.7 Å². The summed E-state index contributed by atoms with van der Waals surface area (Å²) in [5, 5.41) is 0.210. The molecule has 0 spiro atoms. The van der Waals surface area contributed by atoms with Crippen molar-refractivity contribution < 1.29 is 13.2 Å². The maximum Gasteiger partial charge on any atom is 0.227 e. The highest BCUT2D eigenvalue weighted by Crippen LogP contribution is 2.21. The van der Waals surface area contributed by atoms with Gasteiger partial charge in [0.25, 0.3) is 0 Å². The summed E-state index contributed by atoms with van der Waals surface area (Å²) >= 11 is 0. The number of rotatable bonds is 11. The predicted molar refractivity (Wildman–Crippen MR) is 115 cm³/mol. The first kappa shape index (κ1) is 22.7. The quantitative estimate of drug-likeness (QED) is 0.541. The zero-order valence-electron chi connectivity index (χ0n) is 18.3. The fourth-order valence-corrected chi connectivity index (χ4v) is 5.99. The van der Waals surface area contributed by atoms with Crippen LogP contribution >= 0.6 is 0 Å². The zero-order valence-corrected chi connectivity index (χ0v) is 19.2. The van der Waals surface area contributed by atoms with Gasteiger partial charge in [-0.05, 0) is 71.2 Å². The van der Waals surface area contributed by atoms with E-state index in [9.17, 15) is 8.42 Å². The lowest BCUT2D eigenvalue weighted by molar-refractivity contribution is 0.127. The molecule has 7 nitrogen and oxygen atoms in total. The van der Waals surface area contributed by atoms with Crippen LogP contribution < -0.4 is 0 Å². The molecule has 1 atom stereocenters. The van der Waals surface area contributed by atoms with Crippen molar-refractivity contribution in [1.29, 1.82) is 0 Å². The van der Waals surface area contributed by atoms with Gasteiger partial charge in [-0.3, -0.25) is 0 Å². The summed E-state index contributed by atoms with van der Waals surface area (Å²) in [5.74, 6) is 0.382. The van der Waals surface area contributed by atoms with Gasteiger partial charge in [-0.2, -0.15) is 0 Å². The minimum Gasteiger partial charge on any atom is -0.377 e. The topological polar surface area (TPSA) is 67.7 Å². The highest BCUT2D eigenvalue weighted by Gasteiger charge is 2.29. The van der Waals surface area contributed by atoms with Gasteiger partial charge in [-0.25, -0.2) is 13.4 Å². The van der Waals surface area contributed by atoms with Crippen LogP contribution in [0.3, 0.4) is 0 Å². The number of imidazole rings is 1. The molecule has 3 rings (SSSR count). The standard InChI is InChI=1S/C21H38N4O3S/c1-18(2)15-25-19(16-23(3)9-7-12-24-10-4-5-11-24)14-22-21(25)29(26,27)17-20-8-6-13-28-20/h14,18,20H,4-13,15-17H2,1-3H3. The molecule has 1 aromatic heterocycles. The van der Waals surface area contributed by atoms with Gasteiger partial charge in [0.15, 0.2) is 0 Å². The molecule has 0 aromatic carbocycles. The molecule has 2 aliphatic heterocycles. The van der Waals surface area contributed by atoms with E-state index in [2.05, 4.69) is 35.7 Å². The van der Waals surface area contributed by atoms with Crippen LogP contribution in [0, 0.1) is 5.92 Å². The molecule has 1 aromatic rings. The highest BCUT2D eigenvalue weighted by atomic mass is 32.2. The van der Waals surface area contributed by atoms with Gasteiger partial charge in [0.2, 0.25) is 15.0 Å². The van der Waals surface area contributed by atoms with Crippen molar-refractivity contribution >= 4 is 9.84 Å². The number of ether oxygens (including phenoxy) is 1. The average Bonchev–Trinajstić information content (AvgIpc) is 3.38. The first-order valence-corrected chi connectivity index (χ1v) is 12.8. The second kappa shape index (κ2) is 10.4. The number of hydrogen-bond acceptors (Lipinski definition) is 6. The Labute approximate surface area is 176 Å². The Morgan fingerprint density at radius 1 is 1.28 bits per heavy atom. The van der Waals surface area contributed by atoms with Crippen LogP contribution in [0.25, 0.3) is 0 Å². The second-order valence-electron chi connectivity index (χ2n) is 9.09. The molecule has 2 fully saturated rings. The van der Waals surface area contributed by atoms with E-state index < -0.39 is 9.84 Å². The molecule has 166 valence electrons. The number of likely N-dealkylation sites (tertiary alicyclic amines) is 1. The molecule has 29 heavy (non-hydrogen) atoms. The Morgan fingerprint density at radius 2 is 2.03 bits per heavy atom. The molecule has 0 bridgehead atoms. The van der Waals surface area contributed by atoms with Crippen molar-refractivity contribution in [3.63, 3.8) is 0 Å². The third kappa shape index (κ3) is 6.51. The van der Waals surface area contributed by atoms with E-state index in [4.69, 9.17) is 4.74 Å². The van der Waals surface area contributed by atoms with Crippen LogP contribution in [0.15, 0.2) is 11.4 Å². The summed E-state index contributed by atoms with van der Waals surface area (Å²) in [5.41, 5.74) is 0.980. The summed E-state index contributed by atoms with van der Waals surface area (Å²) in [7, 11) is -1.35. The van der Waals surface area contributed by atoms with Crippen LogP contribution in [0.1, 0.15) is 51.6 Å². The molecule has 8 heteroatoms. The lowest BCUT2D eigenvalue weighted by Gasteiger charge is -2.21. The van der Waals surface area contributed by atoms with Crippen molar-refractivity contribution in [2.24, 2.45) is 5.92 Å². The van der Waals surface area contributed by atoms with Crippen molar-refractivity contribution in [2.75, 3.05) is 45.6 Å². The van der Waals surface area contributed by atoms with Gasteiger partial charge < -0.3 is 19.1 Å². The molecule has 0 N–H and O–H groups in total. The van der Waals surface area contributed by atoms with Crippen molar-refractivity contribution in [3.8, 4) is 0 Å². The van der Waals surface area contributed by atoms with E-state index in [1.54, 1.807) is 6.20 Å². The third-order valence-electron chi connectivity index (χ3n) is 5.80. The molecule has 3 heterocycles. The van der Waals surface area contributed by atoms with Gasteiger partial charge in [0.1, 0.15) is 0 Å². The minimum atomic E-state index is -3.46. The van der Waals surface area contributed by atoms with E-state index in [-0.39, 0.29) is 17.0 Å². The number of sulfone groups is 1. The van der Waals surface area contributed by atoms with E-state index in [0.29, 0.717) is 19.1 Å². The molecule has 0 saturated carbocycles. The van der Waals surface area contributed by atoms with Crippen LogP contribution in [-0.2, 0) is 27.7 Å². The largest absolute Gasteiger partial charge is 0.377 e. The van der Waals surface area contributed by atoms with Crippen LogP contribution in [0.2, 0.25) is 0 Å². The van der Waals surface area contributed by atoms with Crippen molar-refractivity contribution in [3.05, 3.63) is 11.9 Å². The summed E-state index contributed by atoms with van der Waals surface area (Å²) in [6, 6.07) is 0. The van der Waals surface area contributed by atoms with Gasteiger partial charge in [-0.1, -0.05) is 13.8 Å². The normalized spacial score (nSPS) is 21.1. The lowest BCUT2D eigenvalue weighted by atomic mass is 10.2. The fourth-order valence-electron chi connectivity index (χ4n) is 4.35. The molecule has 0 radical (unpaired) electrons. The molecule has 0 amide bonds. The van der Waals surface area contributed by atoms with E-state index >= 15 is 0 Å². The SMILES string of the molecule is CC(C)Cn1c(CN(C)CCCN2CCCC2)cnc1S(=O)(=O)CC1CCCO1. The molecular formula is C21H38N4O3S. The Kier molecular flexibility index (Phi) is 8.13. The Morgan fingerprint density at radius 3 is 2.69 bits per heavy atom. The van der Waals surface area contributed by atoms with Crippen LogP contribution in [0.4, 0.5) is 0 Å². The number of nitrogens with zero attached hydrogens (tertiary/aromatic N) is 4. The smallest absolute Gasteiger partial charge is 0.227 e. The third-order valence-corrected chi connectivity index (χ3v) is 7.49. The Balaban J connectivity index is 1.64. The molecule has 2 saturated heterocycles. The average molecular weight is 427 g/mol. The Hall–Kier alpha value is -0.960. The summed E-state index contributed by atoms with van der Waals surface area (Å²) in [6.07, 6.45) is 7.10. The van der Waals surface area contributed by atoms with Gasteiger partial charge >= 0.3 is 0 Å². The second-order valence-corrected chi connectivity index (χ2v) is 11.0. The van der Waals surface area contributed by atoms with Crippen LogP contribution in [-0.4, -0.2) is 79.5 Å². The zero-order chi connectivity index (χ0) is 20.9. The summed E-state index contributed by atoms with van der Waals surface area (Å²) < 4.78 is 33.5. The maximum absolute atomic E-state index is 13.0. The van der Waals surface area contributed by atoms with Crippen LogP contribution in [0.5, 0.6) is 0 Å². The fraction of sp³-hybridized carbons (Fsp3) is 0.857. The number of hydrogen-bond donors (Lipinski definition) is 0. The minimum absolute atomic E-state index is 0.0349. The van der Waals surface area contributed by atoms with Gasteiger partial charge in [-0.15, -0.1) is 0 Å². The first-order valence-electron chi connectivity index (χ1n) is 11.1. The summed E-state index contributed by atoms with van der Waals surface area (Å²) in [6.45, 7) is 10.9. The number of aromatic nitrogens is 2. The van der Waals surface area contributed by atoms with E-state index in [1.807, 2.05) is 4.57 Å². The van der Waals surface area contributed by atoms with E-state index in [0.717, 1.165) is 44.6 Å². The van der Waals surface area contributed by atoms with E-state index in [1.165, 1.54) is 25.9 Å². The monoisotopic (exact) mass is 426 g/mol. The van der Waals surface area contributed by atoms with Gasteiger partial charge in [0.05, 0.1) is 23.7 Å². The Bertz CT molecular complexity index is 735. The molecule has 2 aliphatic rings. The lowest BCUT2D eigenvalue weighted by Crippen LogP contribution is -2.28. The molecular weight excluding hydrogens is 388 g/mol. The molecule has 1 unspecified atom stereocenters.